The van der Waals surface area contributed by atoms with Crippen molar-refractivity contribution in [2.24, 2.45) is 11.7 Å². The second-order valence-electron chi connectivity index (χ2n) is 3.60. The summed E-state index contributed by atoms with van der Waals surface area (Å²) in [5.74, 6) is 0.0450. The van der Waals surface area contributed by atoms with Gasteiger partial charge in [0.1, 0.15) is 0 Å². The van der Waals surface area contributed by atoms with E-state index in [2.05, 4.69) is 0 Å². The van der Waals surface area contributed by atoms with E-state index in [9.17, 15) is 4.79 Å². The molecule has 0 bridgehead atoms. The van der Waals surface area contributed by atoms with Gasteiger partial charge in [-0.1, -0.05) is 6.92 Å². The zero-order chi connectivity index (χ0) is 9.84. The van der Waals surface area contributed by atoms with E-state index in [4.69, 9.17) is 10.5 Å². The van der Waals surface area contributed by atoms with Gasteiger partial charge in [-0.2, -0.15) is 0 Å². The lowest BCUT2D eigenvalue weighted by Gasteiger charge is -2.25. The maximum Gasteiger partial charge on any atom is 0.226 e. The van der Waals surface area contributed by atoms with Crippen LogP contribution in [0, 0.1) is 5.92 Å². The number of ether oxygens (including phenoxy) is 1. The van der Waals surface area contributed by atoms with E-state index in [1.807, 2.05) is 14.0 Å². The third-order valence-corrected chi connectivity index (χ3v) is 2.58. The summed E-state index contributed by atoms with van der Waals surface area (Å²) >= 11 is 0. The number of rotatable bonds is 3. The van der Waals surface area contributed by atoms with E-state index in [-0.39, 0.29) is 17.9 Å². The van der Waals surface area contributed by atoms with Gasteiger partial charge < -0.3 is 15.4 Å². The quantitative estimate of drug-likeness (QED) is 0.665. The molecule has 1 amide bonds. The summed E-state index contributed by atoms with van der Waals surface area (Å²) in [7, 11) is 1.83. The highest BCUT2D eigenvalue weighted by atomic mass is 16.5. The highest BCUT2D eigenvalue weighted by Gasteiger charge is 2.26. The topological polar surface area (TPSA) is 55.6 Å². The van der Waals surface area contributed by atoms with Gasteiger partial charge in [0.05, 0.1) is 12.6 Å². The zero-order valence-electron chi connectivity index (χ0n) is 8.32. The Balaban J connectivity index is 2.45. The van der Waals surface area contributed by atoms with Crippen LogP contribution in [0.2, 0.25) is 0 Å². The maximum atomic E-state index is 11.7. The van der Waals surface area contributed by atoms with Gasteiger partial charge >= 0.3 is 0 Å². The van der Waals surface area contributed by atoms with Crippen molar-refractivity contribution in [3.05, 3.63) is 0 Å². The molecule has 4 heteroatoms. The molecule has 13 heavy (non-hydrogen) atoms. The third kappa shape index (κ3) is 2.42. The van der Waals surface area contributed by atoms with E-state index >= 15 is 0 Å². The predicted octanol–water partition coefficient (Wildman–Crippen LogP) is -0.171. The molecule has 1 saturated heterocycles. The smallest absolute Gasteiger partial charge is 0.226 e. The van der Waals surface area contributed by atoms with Gasteiger partial charge in [0.2, 0.25) is 5.91 Å². The largest absolute Gasteiger partial charge is 0.379 e. The fourth-order valence-corrected chi connectivity index (χ4v) is 1.46. The van der Waals surface area contributed by atoms with Crippen molar-refractivity contribution in [2.45, 2.75) is 19.4 Å². The van der Waals surface area contributed by atoms with Crippen molar-refractivity contribution in [2.75, 3.05) is 26.8 Å². The summed E-state index contributed by atoms with van der Waals surface area (Å²) in [5, 5.41) is 0. The van der Waals surface area contributed by atoms with Crippen LogP contribution in [0.25, 0.3) is 0 Å². The average molecular weight is 186 g/mol. The van der Waals surface area contributed by atoms with E-state index < -0.39 is 0 Å². The molecule has 1 heterocycles. The number of hydrogen-bond acceptors (Lipinski definition) is 3. The summed E-state index contributed by atoms with van der Waals surface area (Å²) in [6, 6.07) is 0.251. The van der Waals surface area contributed by atoms with Crippen molar-refractivity contribution in [3.8, 4) is 0 Å². The molecule has 0 saturated carbocycles. The first-order chi connectivity index (χ1) is 6.16. The van der Waals surface area contributed by atoms with Crippen LogP contribution < -0.4 is 5.73 Å². The molecule has 4 nitrogen and oxygen atoms in total. The normalized spacial score (nSPS) is 24.4. The molecule has 1 aliphatic heterocycles. The van der Waals surface area contributed by atoms with Crippen LogP contribution in [0.5, 0.6) is 0 Å². The van der Waals surface area contributed by atoms with Crippen LogP contribution in [0.1, 0.15) is 13.3 Å². The van der Waals surface area contributed by atoms with Gasteiger partial charge in [0.25, 0.3) is 0 Å². The van der Waals surface area contributed by atoms with Crippen molar-refractivity contribution < 1.29 is 9.53 Å². The Kier molecular flexibility index (Phi) is 3.69. The first-order valence-corrected chi connectivity index (χ1v) is 4.71. The first-order valence-electron chi connectivity index (χ1n) is 4.71. The molecule has 1 rings (SSSR count). The summed E-state index contributed by atoms with van der Waals surface area (Å²) in [6.07, 6.45) is 0.944. The Hall–Kier alpha value is -0.610. The number of hydrogen-bond donors (Lipinski definition) is 1. The third-order valence-electron chi connectivity index (χ3n) is 2.58. The Morgan fingerprint density at radius 3 is 2.92 bits per heavy atom. The monoisotopic (exact) mass is 186 g/mol. The fourth-order valence-electron chi connectivity index (χ4n) is 1.46. The minimum Gasteiger partial charge on any atom is -0.379 e. The van der Waals surface area contributed by atoms with Gasteiger partial charge in [-0.05, 0) is 6.42 Å². The molecule has 2 N–H and O–H groups in total. The van der Waals surface area contributed by atoms with E-state index in [0.29, 0.717) is 13.2 Å². The fraction of sp³-hybridized carbons (Fsp3) is 0.889. The number of nitrogens with zero attached hydrogens (tertiary/aromatic N) is 1. The van der Waals surface area contributed by atoms with Gasteiger partial charge in [-0.15, -0.1) is 0 Å². The number of carbonyl (C=O) groups excluding carboxylic acids is 1. The molecule has 0 aliphatic carbocycles. The zero-order valence-corrected chi connectivity index (χ0v) is 8.32. The molecule has 0 aromatic heterocycles. The standard InChI is InChI=1S/C9H18N2O2/c1-7(5-10)9(12)11(2)8-3-4-13-6-8/h7-8H,3-6,10H2,1-2H3. The van der Waals surface area contributed by atoms with Crippen LogP contribution in [-0.4, -0.2) is 43.7 Å². The average Bonchev–Trinajstić information content (AvgIpc) is 2.67. The van der Waals surface area contributed by atoms with E-state index in [1.54, 1.807) is 4.90 Å². The number of carbonyl (C=O) groups is 1. The second kappa shape index (κ2) is 4.58. The molecular formula is C9H18N2O2. The number of likely N-dealkylation sites (N-methyl/N-ethyl adjacent to an activating group) is 1. The van der Waals surface area contributed by atoms with E-state index in [0.717, 1.165) is 13.0 Å². The second-order valence-corrected chi connectivity index (χ2v) is 3.60. The Morgan fingerprint density at radius 1 is 1.77 bits per heavy atom. The molecule has 0 spiro atoms. The molecule has 76 valence electrons. The van der Waals surface area contributed by atoms with Crippen LogP contribution in [-0.2, 0) is 9.53 Å². The van der Waals surface area contributed by atoms with Crippen LogP contribution in [0.4, 0.5) is 0 Å². The highest BCUT2D eigenvalue weighted by Crippen LogP contribution is 2.12. The lowest BCUT2D eigenvalue weighted by molar-refractivity contribution is -0.135. The Labute approximate surface area is 79.0 Å². The molecule has 0 radical (unpaired) electrons. The minimum absolute atomic E-state index is 0.0781. The predicted molar refractivity (Wildman–Crippen MR) is 50.2 cm³/mol. The van der Waals surface area contributed by atoms with Crippen LogP contribution in [0.15, 0.2) is 0 Å². The number of nitrogens with two attached hydrogens (primary N) is 1. The van der Waals surface area contributed by atoms with Crippen LogP contribution in [0.3, 0.4) is 0 Å². The molecule has 1 fully saturated rings. The molecular weight excluding hydrogens is 168 g/mol. The van der Waals surface area contributed by atoms with Crippen molar-refractivity contribution in [3.63, 3.8) is 0 Å². The molecule has 0 aromatic carbocycles. The molecule has 2 unspecified atom stereocenters. The van der Waals surface area contributed by atoms with Gasteiger partial charge in [-0.25, -0.2) is 0 Å². The lowest BCUT2D eigenvalue weighted by Crippen LogP contribution is -2.42. The van der Waals surface area contributed by atoms with Crippen LogP contribution >= 0.6 is 0 Å². The van der Waals surface area contributed by atoms with Crippen molar-refractivity contribution in [1.82, 2.24) is 4.90 Å². The van der Waals surface area contributed by atoms with Crippen molar-refractivity contribution in [1.29, 1.82) is 0 Å². The summed E-state index contributed by atoms with van der Waals surface area (Å²) in [5.41, 5.74) is 5.43. The highest BCUT2D eigenvalue weighted by molar-refractivity contribution is 5.78. The molecule has 2 atom stereocenters. The van der Waals surface area contributed by atoms with Gasteiger partial charge in [-0.3, -0.25) is 4.79 Å². The van der Waals surface area contributed by atoms with Gasteiger partial charge in [0, 0.05) is 26.1 Å². The number of amides is 1. The maximum absolute atomic E-state index is 11.7. The minimum atomic E-state index is -0.0781. The summed E-state index contributed by atoms with van der Waals surface area (Å²) < 4.78 is 5.22. The summed E-state index contributed by atoms with van der Waals surface area (Å²) in [4.78, 5) is 13.4. The SMILES string of the molecule is CC(CN)C(=O)N(C)C1CCOC1. The Bertz CT molecular complexity index is 178. The molecule has 0 aromatic rings. The Morgan fingerprint density at radius 2 is 2.46 bits per heavy atom. The lowest BCUT2D eigenvalue weighted by atomic mass is 10.1. The van der Waals surface area contributed by atoms with Gasteiger partial charge in [0.15, 0.2) is 0 Å². The first kappa shape index (κ1) is 10.5. The molecule has 1 aliphatic rings. The van der Waals surface area contributed by atoms with Crippen molar-refractivity contribution >= 4 is 5.91 Å². The summed E-state index contributed by atoms with van der Waals surface area (Å²) in [6.45, 7) is 3.70. The van der Waals surface area contributed by atoms with E-state index in [1.165, 1.54) is 0 Å².